The fourth-order valence-electron chi connectivity index (χ4n) is 1.83. The highest BCUT2D eigenvalue weighted by Crippen LogP contribution is 2.31. The standard InChI is InChI=1S/C8H11N3O6/c12-3-4-1-6(13)7(17-4)5-2-9-8(10(5)14)11(15)16/h2,4,6-7,9,12-13H,1,3H2/t4-,6-,7-/m0/s1. The van der Waals surface area contributed by atoms with Crippen LogP contribution < -0.4 is 4.73 Å². The quantitative estimate of drug-likeness (QED) is 0.263. The summed E-state index contributed by atoms with van der Waals surface area (Å²) >= 11 is 0. The summed E-state index contributed by atoms with van der Waals surface area (Å²) in [6, 6.07) is 0. The summed E-state index contributed by atoms with van der Waals surface area (Å²) in [7, 11) is 0. The molecule has 17 heavy (non-hydrogen) atoms. The molecule has 0 radical (unpaired) electrons. The molecule has 9 nitrogen and oxygen atoms in total. The summed E-state index contributed by atoms with van der Waals surface area (Å²) in [4.78, 5) is 11.8. The minimum atomic E-state index is -0.970. The van der Waals surface area contributed by atoms with E-state index in [1.165, 1.54) is 0 Å². The first-order valence-corrected chi connectivity index (χ1v) is 4.94. The molecule has 0 saturated carbocycles. The number of imidazole rings is 1. The van der Waals surface area contributed by atoms with Gasteiger partial charge in [0.05, 0.1) is 23.7 Å². The van der Waals surface area contributed by atoms with Crippen molar-refractivity contribution < 1.29 is 24.6 Å². The van der Waals surface area contributed by atoms with Gasteiger partial charge in [0.15, 0.2) is 12.3 Å². The van der Waals surface area contributed by atoms with Crippen LogP contribution in [0, 0.1) is 15.3 Å². The third kappa shape index (κ3) is 1.95. The van der Waals surface area contributed by atoms with Crippen LogP contribution in [-0.2, 0) is 4.74 Å². The zero-order valence-corrected chi connectivity index (χ0v) is 8.65. The first kappa shape index (κ1) is 11.8. The van der Waals surface area contributed by atoms with Crippen LogP contribution in [0.2, 0.25) is 0 Å². The van der Waals surface area contributed by atoms with Crippen LogP contribution in [0.15, 0.2) is 6.20 Å². The van der Waals surface area contributed by atoms with Crippen molar-refractivity contribution in [3.8, 4) is 0 Å². The normalized spacial score (nSPS) is 28.5. The van der Waals surface area contributed by atoms with E-state index in [0.717, 1.165) is 6.20 Å². The molecule has 9 heteroatoms. The predicted molar refractivity (Wildman–Crippen MR) is 51.7 cm³/mol. The van der Waals surface area contributed by atoms with Gasteiger partial charge in [-0.25, -0.2) is 0 Å². The van der Waals surface area contributed by atoms with Gasteiger partial charge in [0.25, 0.3) is 0 Å². The van der Waals surface area contributed by atoms with Gasteiger partial charge in [-0.15, -0.1) is 4.73 Å². The first-order chi connectivity index (χ1) is 8.04. The summed E-state index contributed by atoms with van der Waals surface area (Å²) < 4.78 is 5.30. The van der Waals surface area contributed by atoms with Crippen molar-refractivity contribution in [2.45, 2.75) is 24.7 Å². The molecule has 3 atom stereocenters. The number of H-pyrrole nitrogens is 1. The molecule has 1 aromatic heterocycles. The number of aromatic nitrogens is 2. The highest BCUT2D eigenvalue weighted by molar-refractivity contribution is 5.07. The van der Waals surface area contributed by atoms with Gasteiger partial charge in [0.2, 0.25) is 5.69 Å². The molecular formula is C8H11N3O6. The van der Waals surface area contributed by atoms with Crippen LogP contribution in [0.4, 0.5) is 5.95 Å². The minimum Gasteiger partial charge on any atom is -0.675 e. The van der Waals surface area contributed by atoms with Gasteiger partial charge in [0, 0.05) is 6.42 Å². The Kier molecular flexibility index (Phi) is 2.96. The summed E-state index contributed by atoms with van der Waals surface area (Å²) in [5.41, 5.74) is -0.0693. The molecule has 1 fully saturated rings. The second kappa shape index (κ2) is 4.28. The van der Waals surface area contributed by atoms with E-state index >= 15 is 0 Å². The Morgan fingerprint density at radius 2 is 2.41 bits per heavy atom. The second-order valence-electron chi connectivity index (χ2n) is 3.75. The number of aliphatic hydroxyl groups is 2. The predicted octanol–water partition coefficient (Wildman–Crippen LogP) is -1.26. The number of nitrogens with one attached hydrogen (secondary N) is 1. The number of nitrogens with zero attached hydrogens (tertiary/aromatic N) is 2. The number of ether oxygens (including phenoxy) is 1. The molecule has 3 N–H and O–H groups in total. The van der Waals surface area contributed by atoms with Crippen LogP contribution in [0.25, 0.3) is 0 Å². The van der Waals surface area contributed by atoms with Crippen molar-refractivity contribution in [1.82, 2.24) is 4.98 Å². The van der Waals surface area contributed by atoms with Crippen LogP contribution in [0.5, 0.6) is 0 Å². The van der Waals surface area contributed by atoms with Crippen LogP contribution in [-0.4, -0.2) is 38.9 Å². The Hall–Kier alpha value is -1.71. The molecular weight excluding hydrogens is 234 g/mol. The van der Waals surface area contributed by atoms with E-state index in [1.54, 1.807) is 0 Å². The molecule has 2 rings (SSSR count). The maximum atomic E-state index is 11.5. The first-order valence-electron chi connectivity index (χ1n) is 4.94. The van der Waals surface area contributed by atoms with Gasteiger partial charge in [-0.2, -0.15) is 4.98 Å². The van der Waals surface area contributed by atoms with Gasteiger partial charge in [0.1, 0.15) is 0 Å². The van der Waals surface area contributed by atoms with Gasteiger partial charge in [-0.1, -0.05) is 0 Å². The Balaban J connectivity index is 2.26. The lowest BCUT2D eigenvalue weighted by Gasteiger charge is -2.11. The molecule has 1 aromatic rings. The fourth-order valence-corrected chi connectivity index (χ4v) is 1.83. The second-order valence-corrected chi connectivity index (χ2v) is 3.75. The molecule has 1 aliphatic rings. The summed E-state index contributed by atoms with van der Waals surface area (Å²) in [6.07, 6.45) is -1.19. The molecule has 0 amide bonds. The summed E-state index contributed by atoms with van der Waals surface area (Å²) in [5, 5.41) is 40.5. The third-order valence-electron chi connectivity index (χ3n) is 2.64. The van der Waals surface area contributed by atoms with Crippen LogP contribution in [0.1, 0.15) is 18.2 Å². The molecule has 0 aromatic carbocycles. The molecule has 0 aliphatic carbocycles. The number of nitro groups is 1. The van der Waals surface area contributed by atoms with E-state index in [-0.39, 0.29) is 23.5 Å². The largest absolute Gasteiger partial charge is 0.675 e. The zero-order valence-electron chi connectivity index (χ0n) is 8.65. The van der Waals surface area contributed by atoms with E-state index in [0.29, 0.717) is 0 Å². The molecule has 2 heterocycles. The average molecular weight is 245 g/mol. The van der Waals surface area contributed by atoms with E-state index in [9.17, 15) is 20.4 Å². The Labute approximate surface area is 95.0 Å². The molecule has 94 valence electrons. The lowest BCUT2D eigenvalue weighted by Crippen LogP contribution is -2.35. The van der Waals surface area contributed by atoms with E-state index in [4.69, 9.17) is 9.84 Å². The maximum absolute atomic E-state index is 11.5. The fraction of sp³-hybridized carbons (Fsp3) is 0.625. The van der Waals surface area contributed by atoms with Gasteiger partial charge >= 0.3 is 5.95 Å². The lowest BCUT2D eigenvalue weighted by molar-refractivity contribution is -0.673. The SMILES string of the molecule is O=[N+]([O-])c1[nH]cc([C@@H]2O[C@H](CO)C[C@@H]2O)[n+]1[O-]. The van der Waals surface area contributed by atoms with Crippen molar-refractivity contribution >= 4 is 5.95 Å². The Morgan fingerprint density at radius 1 is 1.71 bits per heavy atom. The summed E-state index contributed by atoms with van der Waals surface area (Å²) in [5.74, 6) is -0.733. The highest BCUT2D eigenvalue weighted by Gasteiger charge is 2.41. The topological polar surface area (TPSA) is 136 Å². The van der Waals surface area contributed by atoms with Crippen molar-refractivity contribution in [3.63, 3.8) is 0 Å². The smallest absolute Gasteiger partial charge is 0.583 e. The third-order valence-corrected chi connectivity index (χ3v) is 2.64. The van der Waals surface area contributed by atoms with Crippen molar-refractivity contribution in [3.05, 3.63) is 27.2 Å². The molecule has 0 spiro atoms. The average Bonchev–Trinajstić information content (AvgIpc) is 2.81. The number of aliphatic hydroxyl groups excluding tert-OH is 2. The van der Waals surface area contributed by atoms with Crippen LogP contribution in [0.3, 0.4) is 0 Å². The van der Waals surface area contributed by atoms with E-state index < -0.39 is 29.2 Å². The highest BCUT2D eigenvalue weighted by atomic mass is 16.6. The Bertz CT molecular complexity index is 433. The monoisotopic (exact) mass is 245 g/mol. The lowest BCUT2D eigenvalue weighted by atomic mass is 10.1. The van der Waals surface area contributed by atoms with E-state index in [1.807, 2.05) is 0 Å². The maximum Gasteiger partial charge on any atom is 0.583 e. The van der Waals surface area contributed by atoms with Gasteiger partial charge in [-0.05, 0) is 0 Å². The van der Waals surface area contributed by atoms with Crippen molar-refractivity contribution in [2.24, 2.45) is 0 Å². The minimum absolute atomic E-state index is 0.0693. The van der Waals surface area contributed by atoms with Crippen LogP contribution >= 0.6 is 0 Å². The zero-order chi connectivity index (χ0) is 12.6. The van der Waals surface area contributed by atoms with Crippen molar-refractivity contribution in [1.29, 1.82) is 0 Å². The summed E-state index contributed by atoms with van der Waals surface area (Å²) in [6.45, 7) is -0.279. The van der Waals surface area contributed by atoms with Gasteiger partial charge in [-0.3, -0.25) is 0 Å². The van der Waals surface area contributed by atoms with E-state index in [2.05, 4.69) is 4.98 Å². The van der Waals surface area contributed by atoms with Gasteiger partial charge < -0.3 is 30.3 Å². The van der Waals surface area contributed by atoms with Crippen molar-refractivity contribution in [2.75, 3.05) is 6.61 Å². The number of rotatable bonds is 3. The molecule has 0 bridgehead atoms. The molecule has 1 aliphatic heterocycles. The molecule has 0 unspecified atom stereocenters. The molecule has 1 saturated heterocycles. The number of hydrogen-bond donors (Lipinski definition) is 3. The number of hydrogen-bond acceptors (Lipinski definition) is 6. The number of aromatic amines is 1. The Morgan fingerprint density at radius 3 is 2.88 bits per heavy atom.